The minimum absolute atomic E-state index is 0.152. The summed E-state index contributed by atoms with van der Waals surface area (Å²) < 4.78 is 0. The van der Waals surface area contributed by atoms with Crippen LogP contribution in [0.5, 0.6) is 0 Å². The summed E-state index contributed by atoms with van der Waals surface area (Å²) in [5.74, 6) is 0.803. The Hall–Kier alpha value is -2.14. The Morgan fingerprint density at radius 2 is 2.05 bits per heavy atom. The largest absolute Gasteiger partial charge is 0.337 e. The lowest BCUT2D eigenvalue weighted by Crippen LogP contribution is -2.35. The molecule has 0 bridgehead atoms. The molecule has 0 saturated carbocycles. The number of aromatic amines is 1. The number of amides is 1. The maximum Gasteiger partial charge on any atom is 0.253 e. The molecule has 22 heavy (non-hydrogen) atoms. The Labute approximate surface area is 129 Å². The molecule has 114 valence electrons. The molecule has 1 N–H and O–H groups in total. The van der Waals surface area contributed by atoms with Crippen LogP contribution in [0.3, 0.4) is 0 Å². The lowest BCUT2D eigenvalue weighted by atomic mass is 10.1. The molecule has 2 atom stereocenters. The van der Waals surface area contributed by atoms with Crippen molar-refractivity contribution in [1.82, 2.24) is 20.0 Å². The van der Waals surface area contributed by atoms with Crippen molar-refractivity contribution in [2.45, 2.75) is 12.5 Å². The topological polar surface area (TPSA) is 52.2 Å². The molecular weight excluding hydrogens is 276 g/mol. The quantitative estimate of drug-likeness (QED) is 0.920. The molecule has 1 aromatic carbocycles. The number of carbonyl (C=O) groups is 1. The summed E-state index contributed by atoms with van der Waals surface area (Å²) in [6.45, 7) is 2.93. The zero-order valence-electron chi connectivity index (χ0n) is 12.7. The van der Waals surface area contributed by atoms with Crippen LogP contribution in [0.2, 0.25) is 0 Å². The molecule has 0 radical (unpaired) electrons. The van der Waals surface area contributed by atoms with Gasteiger partial charge < -0.3 is 9.80 Å². The number of likely N-dealkylation sites (tertiary alicyclic amines) is 2. The summed E-state index contributed by atoms with van der Waals surface area (Å²) in [5.41, 5.74) is 2.79. The zero-order chi connectivity index (χ0) is 15.1. The number of nitrogens with zero attached hydrogens (tertiary/aromatic N) is 3. The third-order valence-corrected chi connectivity index (χ3v) is 5.06. The molecule has 2 aliphatic heterocycles. The van der Waals surface area contributed by atoms with Gasteiger partial charge in [-0.1, -0.05) is 12.1 Å². The van der Waals surface area contributed by atoms with Gasteiger partial charge in [0.1, 0.15) is 0 Å². The van der Waals surface area contributed by atoms with Crippen LogP contribution in [-0.2, 0) is 0 Å². The van der Waals surface area contributed by atoms with E-state index in [0.717, 1.165) is 36.5 Å². The summed E-state index contributed by atoms with van der Waals surface area (Å²) in [6, 6.07) is 10.3. The van der Waals surface area contributed by atoms with Gasteiger partial charge in [-0.15, -0.1) is 0 Å². The average Bonchev–Trinajstić information content (AvgIpc) is 3.26. The number of H-pyrrole nitrogens is 1. The molecule has 0 aliphatic carbocycles. The van der Waals surface area contributed by atoms with Crippen LogP contribution < -0.4 is 0 Å². The Kier molecular flexibility index (Phi) is 3.22. The lowest BCUT2D eigenvalue weighted by molar-refractivity contribution is 0.0774. The second kappa shape index (κ2) is 5.25. The maximum absolute atomic E-state index is 12.7. The van der Waals surface area contributed by atoms with E-state index in [4.69, 9.17) is 0 Å². The fourth-order valence-electron chi connectivity index (χ4n) is 3.73. The van der Waals surface area contributed by atoms with Crippen molar-refractivity contribution in [3.63, 3.8) is 0 Å². The van der Waals surface area contributed by atoms with E-state index in [1.807, 2.05) is 35.2 Å². The van der Waals surface area contributed by atoms with Gasteiger partial charge in [0.25, 0.3) is 5.91 Å². The molecule has 1 amide bonds. The fraction of sp³-hybridized carbons (Fsp3) is 0.412. The standard InChI is InChI=1S/C17H20N4O/c1-20-9-7-14-10-21(11-16(14)20)17(22)13-4-2-12(3-5-13)15-6-8-18-19-15/h2-6,8,14,16H,7,9-11H2,1H3,(H,18,19). The minimum atomic E-state index is 0.152. The first kappa shape index (κ1) is 13.5. The van der Waals surface area contributed by atoms with E-state index in [9.17, 15) is 4.79 Å². The molecule has 0 spiro atoms. The molecule has 2 unspecified atom stereocenters. The Bertz CT molecular complexity index is 664. The molecule has 2 aliphatic rings. The molecule has 4 rings (SSSR count). The van der Waals surface area contributed by atoms with E-state index >= 15 is 0 Å². The number of fused-ring (bicyclic) bond motifs is 1. The Morgan fingerprint density at radius 1 is 1.23 bits per heavy atom. The van der Waals surface area contributed by atoms with Gasteiger partial charge in [0.05, 0.1) is 5.69 Å². The number of likely N-dealkylation sites (N-methyl/N-ethyl adjacent to an activating group) is 1. The van der Waals surface area contributed by atoms with Crippen LogP contribution in [0.4, 0.5) is 0 Å². The van der Waals surface area contributed by atoms with Gasteiger partial charge in [-0.3, -0.25) is 9.89 Å². The van der Waals surface area contributed by atoms with Gasteiger partial charge in [-0.05, 0) is 49.7 Å². The first-order valence-electron chi connectivity index (χ1n) is 7.82. The second-order valence-electron chi connectivity index (χ2n) is 6.35. The SMILES string of the molecule is CN1CCC2CN(C(=O)c3ccc(-c4ccn[nH]4)cc3)CC21. The van der Waals surface area contributed by atoms with Crippen LogP contribution >= 0.6 is 0 Å². The number of benzene rings is 1. The highest BCUT2D eigenvalue weighted by atomic mass is 16.2. The highest BCUT2D eigenvalue weighted by Gasteiger charge is 2.41. The number of rotatable bonds is 2. The highest BCUT2D eigenvalue weighted by Crippen LogP contribution is 2.31. The monoisotopic (exact) mass is 296 g/mol. The van der Waals surface area contributed by atoms with Crippen LogP contribution in [0.1, 0.15) is 16.8 Å². The van der Waals surface area contributed by atoms with Crippen molar-refractivity contribution in [1.29, 1.82) is 0 Å². The number of nitrogens with one attached hydrogen (secondary N) is 1. The van der Waals surface area contributed by atoms with Crippen molar-refractivity contribution in [2.75, 3.05) is 26.7 Å². The molecule has 2 aromatic rings. The summed E-state index contributed by atoms with van der Waals surface area (Å²) in [4.78, 5) is 17.1. The second-order valence-corrected chi connectivity index (χ2v) is 6.35. The van der Waals surface area contributed by atoms with Crippen LogP contribution in [-0.4, -0.2) is 58.6 Å². The molecule has 2 fully saturated rings. The summed E-state index contributed by atoms with van der Waals surface area (Å²) in [5, 5.41) is 6.89. The van der Waals surface area contributed by atoms with E-state index in [2.05, 4.69) is 22.1 Å². The van der Waals surface area contributed by atoms with Gasteiger partial charge in [-0.2, -0.15) is 5.10 Å². The number of aromatic nitrogens is 2. The third kappa shape index (κ3) is 2.22. The van der Waals surface area contributed by atoms with Crippen molar-refractivity contribution in [3.05, 3.63) is 42.1 Å². The Balaban J connectivity index is 1.49. The van der Waals surface area contributed by atoms with Crippen molar-refractivity contribution in [3.8, 4) is 11.3 Å². The molecule has 3 heterocycles. The van der Waals surface area contributed by atoms with Gasteiger partial charge in [0.15, 0.2) is 0 Å². The van der Waals surface area contributed by atoms with Gasteiger partial charge in [0.2, 0.25) is 0 Å². The Morgan fingerprint density at radius 3 is 2.73 bits per heavy atom. The van der Waals surface area contributed by atoms with E-state index in [1.54, 1.807) is 6.20 Å². The zero-order valence-corrected chi connectivity index (χ0v) is 12.7. The normalized spacial score (nSPS) is 24.7. The smallest absolute Gasteiger partial charge is 0.253 e. The first-order chi connectivity index (χ1) is 10.7. The summed E-state index contributed by atoms with van der Waals surface area (Å²) in [6.07, 6.45) is 2.94. The van der Waals surface area contributed by atoms with E-state index in [1.165, 1.54) is 6.42 Å². The third-order valence-electron chi connectivity index (χ3n) is 5.06. The van der Waals surface area contributed by atoms with E-state index in [-0.39, 0.29) is 5.91 Å². The highest BCUT2D eigenvalue weighted by molar-refractivity contribution is 5.95. The van der Waals surface area contributed by atoms with E-state index in [0.29, 0.717) is 12.0 Å². The molecule has 5 nitrogen and oxygen atoms in total. The average molecular weight is 296 g/mol. The summed E-state index contributed by atoms with van der Waals surface area (Å²) in [7, 11) is 2.16. The van der Waals surface area contributed by atoms with Crippen molar-refractivity contribution in [2.24, 2.45) is 5.92 Å². The number of hydrogen-bond acceptors (Lipinski definition) is 3. The fourth-order valence-corrected chi connectivity index (χ4v) is 3.73. The van der Waals surface area contributed by atoms with Crippen LogP contribution in [0, 0.1) is 5.92 Å². The number of carbonyl (C=O) groups excluding carboxylic acids is 1. The first-order valence-corrected chi connectivity index (χ1v) is 7.82. The minimum Gasteiger partial charge on any atom is -0.337 e. The van der Waals surface area contributed by atoms with E-state index < -0.39 is 0 Å². The van der Waals surface area contributed by atoms with Crippen molar-refractivity contribution < 1.29 is 4.79 Å². The molecule has 2 saturated heterocycles. The predicted octanol–water partition coefficient (Wildman–Crippen LogP) is 1.85. The van der Waals surface area contributed by atoms with Crippen LogP contribution in [0.25, 0.3) is 11.3 Å². The maximum atomic E-state index is 12.7. The van der Waals surface area contributed by atoms with Crippen molar-refractivity contribution >= 4 is 5.91 Å². The lowest BCUT2D eigenvalue weighted by Gasteiger charge is -2.20. The summed E-state index contributed by atoms with van der Waals surface area (Å²) >= 11 is 0. The number of hydrogen-bond donors (Lipinski definition) is 1. The van der Waals surface area contributed by atoms with Gasteiger partial charge in [-0.25, -0.2) is 0 Å². The van der Waals surface area contributed by atoms with Crippen LogP contribution in [0.15, 0.2) is 36.5 Å². The van der Waals surface area contributed by atoms with Gasteiger partial charge in [0, 0.05) is 30.9 Å². The molecule has 1 aromatic heterocycles. The molecular formula is C17H20N4O. The van der Waals surface area contributed by atoms with Gasteiger partial charge >= 0.3 is 0 Å². The predicted molar refractivity (Wildman–Crippen MR) is 84.5 cm³/mol. The molecule has 5 heteroatoms.